The van der Waals surface area contributed by atoms with Crippen LogP contribution in [-0.4, -0.2) is 30.0 Å². The highest BCUT2D eigenvalue weighted by Crippen LogP contribution is 2.41. The van der Waals surface area contributed by atoms with E-state index < -0.39 is 5.79 Å². The van der Waals surface area contributed by atoms with Crippen LogP contribution in [0.5, 0.6) is 5.75 Å². The summed E-state index contributed by atoms with van der Waals surface area (Å²) in [6.07, 6.45) is 5.50. The highest BCUT2D eigenvalue weighted by molar-refractivity contribution is 5.96. The van der Waals surface area contributed by atoms with Crippen LogP contribution in [0.2, 0.25) is 0 Å². The highest BCUT2D eigenvalue weighted by Gasteiger charge is 2.38. The van der Waals surface area contributed by atoms with Crippen molar-refractivity contribution < 1.29 is 19.4 Å². The van der Waals surface area contributed by atoms with Gasteiger partial charge < -0.3 is 19.9 Å². The van der Waals surface area contributed by atoms with Crippen LogP contribution >= 0.6 is 0 Å². The molecule has 0 radical (unpaired) electrons. The molecule has 1 saturated carbocycles. The van der Waals surface area contributed by atoms with Crippen LogP contribution in [0, 0.1) is 6.92 Å². The Kier molecular flexibility index (Phi) is 5.38. The van der Waals surface area contributed by atoms with Gasteiger partial charge in [0.1, 0.15) is 5.75 Å². The SMILES string of the molecule is Cc1cc(-c2ccc3c(c2)COC2(CCCCC2)O3)ccc1C(=O)NCCO. The van der Waals surface area contributed by atoms with Crippen LogP contribution in [0.1, 0.15) is 53.6 Å². The van der Waals surface area contributed by atoms with Crippen molar-refractivity contribution in [3.63, 3.8) is 0 Å². The van der Waals surface area contributed by atoms with E-state index in [0.717, 1.165) is 53.7 Å². The fourth-order valence-corrected chi connectivity index (χ4v) is 4.11. The molecule has 1 aliphatic carbocycles. The van der Waals surface area contributed by atoms with Gasteiger partial charge in [0.2, 0.25) is 5.79 Å². The standard InChI is InChI=1S/C23H27NO4/c1-16-13-17(5-7-20(16)22(26)24-11-12-25)18-6-8-21-19(14-18)15-27-23(28-21)9-3-2-4-10-23/h5-8,13-14,25H,2-4,9-12,15H2,1H3,(H,24,26). The maximum Gasteiger partial charge on any atom is 0.251 e. The summed E-state index contributed by atoms with van der Waals surface area (Å²) in [5.74, 6) is 0.337. The Morgan fingerprint density at radius 1 is 1.11 bits per heavy atom. The van der Waals surface area contributed by atoms with E-state index in [2.05, 4.69) is 17.4 Å². The lowest BCUT2D eigenvalue weighted by atomic mass is 9.92. The third-order valence-electron chi connectivity index (χ3n) is 5.66. The second-order valence-corrected chi connectivity index (χ2v) is 7.69. The Morgan fingerprint density at radius 3 is 2.61 bits per heavy atom. The predicted molar refractivity (Wildman–Crippen MR) is 107 cm³/mol. The van der Waals surface area contributed by atoms with Crippen LogP contribution < -0.4 is 10.1 Å². The number of nitrogens with one attached hydrogen (secondary N) is 1. The molecule has 0 atom stereocenters. The molecule has 1 amide bonds. The summed E-state index contributed by atoms with van der Waals surface area (Å²) in [4.78, 5) is 12.2. The summed E-state index contributed by atoms with van der Waals surface area (Å²) in [5, 5.41) is 11.6. The number of rotatable bonds is 4. The lowest BCUT2D eigenvalue weighted by Gasteiger charge is -2.41. The summed E-state index contributed by atoms with van der Waals surface area (Å²) >= 11 is 0. The minimum absolute atomic E-state index is 0.0660. The third-order valence-corrected chi connectivity index (χ3v) is 5.66. The van der Waals surface area contributed by atoms with E-state index in [-0.39, 0.29) is 19.1 Å². The van der Waals surface area contributed by atoms with Gasteiger partial charge >= 0.3 is 0 Å². The molecule has 2 aliphatic rings. The summed E-state index contributed by atoms with van der Waals surface area (Å²) in [7, 11) is 0. The molecule has 2 aromatic carbocycles. The van der Waals surface area contributed by atoms with Crippen molar-refractivity contribution in [2.24, 2.45) is 0 Å². The molecular formula is C23H27NO4. The minimum atomic E-state index is -0.424. The number of amides is 1. The number of ether oxygens (including phenoxy) is 2. The van der Waals surface area contributed by atoms with E-state index >= 15 is 0 Å². The number of aryl methyl sites for hydroxylation is 1. The number of aliphatic hydroxyl groups is 1. The van der Waals surface area contributed by atoms with Crippen molar-refractivity contribution in [1.82, 2.24) is 5.32 Å². The first-order valence-electron chi connectivity index (χ1n) is 10.1. The van der Waals surface area contributed by atoms with E-state index in [1.54, 1.807) is 0 Å². The molecule has 1 heterocycles. The molecule has 0 saturated heterocycles. The molecule has 4 rings (SSSR count). The first kappa shape index (κ1) is 19.0. The first-order valence-corrected chi connectivity index (χ1v) is 10.1. The molecule has 1 fully saturated rings. The zero-order chi connectivity index (χ0) is 19.6. The first-order chi connectivity index (χ1) is 13.6. The Morgan fingerprint density at radius 2 is 1.86 bits per heavy atom. The van der Waals surface area contributed by atoms with Crippen LogP contribution in [0.4, 0.5) is 0 Å². The quantitative estimate of drug-likeness (QED) is 0.841. The third kappa shape index (κ3) is 3.77. The molecule has 0 unspecified atom stereocenters. The normalized spacial score (nSPS) is 17.6. The number of benzene rings is 2. The van der Waals surface area contributed by atoms with Crippen molar-refractivity contribution in [1.29, 1.82) is 0 Å². The number of fused-ring (bicyclic) bond motifs is 1. The van der Waals surface area contributed by atoms with Gasteiger partial charge in [-0.15, -0.1) is 0 Å². The largest absolute Gasteiger partial charge is 0.462 e. The van der Waals surface area contributed by atoms with E-state index in [1.165, 1.54) is 6.42 Å². The van der Waals surface area contributed by atoms with Gasteiger partial charge in [-0.3, -0.25) is 4.79 Å². The van der Waals surface area contributed by atoms with Crippen molar-refractivity contribution in [3.8, 4) is 16.9 Å². The van der Waals surface area contributed by atoms with Crippen molar-refractivity contribution in [2.45, 2.75) is 51.4 Å². The van der Waals surface area contributed by atoms with Gasteiger partial charge in [-0.2, -0.15) is 0 Å². The van der Waals surface area contributed by atoms with E-state index in [9.17, 15) is 4.79 Å². The molecule has 2 aromatic rings. The Labute approximate surface area is 165 Å². The number of hydrogen-bond acceptors (Lipinski definition) is 4. The Balaban J connectivity index is 1.54. The van der Waals surface area contributed by atoms with Gasteiger partial charge in [-0.1, -0.05) is 24.6 Å². The van der Waals surface area contributed by atoms with Gasteiger partial charge in [0.25, 0.3) is 5.91 Å². The molecule has 5 heteroatoms. The zero-order valence-electron chi connectivity index (χ0n) is 16.3. The van der Waals surface area contributed by atoms with Crippen molar-refractivity contribution in [3.05, 3.63) is 53.1 Å². The second kappa shape index (κ2) is 7.94. The number of aliphatic hydroxyl groups excluding tert-OH is 1. The van der Waals surface area contributed by atoms with E-state index in [1.807, 2.05) is 31.2 Å². The highest BCUT2D eigenvalue weighted by atomic mass is 16.7. The smallest absolute Gasteiger partial charge is 0.251 e. The topological polar surface area (TPSA) is 67.8 Å². The number of hydrogen-bond donors (Lipinski definition) is 2. The van der Waals surface area contributed by atoms with Gasteiger partial charge in [0, 0.05) is 30.5 Å². The minimum Gasteiger partial charge on any atom is -0.462 e. The molecule has 1 aliphatic heterocycles. The van der Waals surface area contributed by atoms with Crippen molar-refractivity contribution >= 4 is 5.91 Å². The molecule has 0 bridgehead atoms. The van der Waals surface area contributed by atoms with Crippen LogP contribution in [0.25, 0.3) is 11.1 Å². The van der Waals surface area contributed by atoms with Gasteiger partial charge in [0.05, 0.1) is 13.2 Å². The summed E-state index contributed by atoms with van der Waals surface area (Å²) in [6.45, 7) is 2.69. The molecule has 148 valence electrons. The summed E-state index contributed by atoms with van der Waals surface area (Å²) < 4.78 is 12.4. The van der Waals surface area contributed by atoms with Crippen molar-refractivity contribution in [2.75, 3.05) is 13.2 Å². The lowest BCUT2D eigenvalue weighted by Crippen LogP contribution is -2.43. The lowest BCUT2D eigenvalue weighted by molar-refractivity contribution is -0.222. The number of carbonyl (C=O) groups excluding carboxylic acids is 1. The Bertz CT molecular complexity index is 871. The van der Waals surface area contributed by atoms with Crippen LogP contribution in [0.15, 0.2) is 36.4 Å². The fraction of sp³-hybridized carbons (Fsp3) is 0.435. The molecule has 2 N–H and O–H groups in total. The molecule has 28 heavy (non-hydrogen) atoms. The zero-order valence-corrected chi connectivity index (χ0v) is 16.3. The number of carbonyl (C=O) groups is 1. The maximum absolute atomic E-state index is 12.2. The Hall–Kier alpha value is -2.37. The molecule has 5 nitrogen and oxygen atoms in total. The summed E-state index contributed by atoms with van der Waals surface area (Å²) in [6, 6.07) is 12.0. The molecular weight excluding hydrogens is 354 g/mol. The summed E-state index contributed by atoms with van der Waals surface area (Å²) in [5.41, 5.74) is 4.73. The predicted octanol–water partition coefficient (Wildman–Crippen LogP) is 3.95. The molecule has 1 spiro atoms. The van der Waals surface area contributed by atoms with E-state index in [0.29, 0.717) is 12.2 Å². The monoisotopic (exact) mass is 381 g/mol. The van der Waals surface area contributed by atoms with Gasteiger partial charge in [-0.25, -0.2) is 0 Å². The maximum atomic E-state index is 12.2. The van der Waals surface area contributed by atoms with Gasteiger partial charge in [-0.05, 0) is 54.7 Å². The van der Waals surface area contributed by atoms with Crippen LogP contribution in [-0.2, 0) is 11.3 Å². The van der Waals surface area contributed by atoms with Gasteiger partial charge in [0.15, 0.2) is 0 Å². The average Bonchev–Trinajstić information content (AvgIpc) is 2.72. The second-order valence-electron chi connectivity index (χ2n) is 7.69. The van der Waals surface area contributed by atoms with E-state index in [4.69, 9.17) is 14.6 Å². The fourth-order valence-electron chi connectivity index (χ4n) is 4.11. The molecule has 0 aromatic heterocycles. The van der Waals surface area contributed by atoms with Crippen LogP contribution in [0.3, 0.4) is 0 Å². The average molecular weight is 381 g/mol.